The number of aryl methyl sites for hydroxylation is 2. The van der Waals surface area contributed by atoms with Crippen molar-refractivity contribution in [2.24, 2.45) is 7.05 Å². The summed E-state index contributed by atoms with van der Waals surface area (Å²) in [5.74, 6) is -0.461. The van der Waals surface area contributed by atoms with Crippen LogP contribution in [0.15, 0.2) is 91.6 Å². The van der Waals surface area contributed by atoms with Gasteiger partial charge >= 0.3 is 0 Å². The third-order valence-electron chi connectivity index (χ3n) is 12.4. The Morgan fingerprint density at radius 3 is 2.35 bits per heavy atom. The van der Waals surface area contributed by atoms with E-state index in [0.29, 0.717) is 37.7 Å². The zero-order valence-corrected chi connectivity index (χ0v) is 32.8. The molecular formula is C45H53N7O5. The molecule has 3 aromatic carbocycles. The Morgan fingerprint density at radius 1 is 0.895 bits per heavy atom. The first kappa shape index (κ1) is 38.4. The predicted molar refractivity (Wildman–Crippen MR) is 218 cm³/mol. The number of hydrazine groups is 1. The van der Waals surface area contributed by atoms with E-state index in [0.717, 1.165) is 40.7 Å². The molecule has 3 saturated heterocycles. The topological polar surface area (TPSA) is 113 Å². The summed E-state index contributed by atoms with van der Waals surface area (Å²) in [5.41, 5.74) is 4.22. The normalized spacial score (nSPS) is 21.1. The molecule has 1 aromatic heterocycles. The molecule has 12 heteroatoms. The van der Waals surface area contributed by atoms with Gasteiger partial charge in [-0.2, -0.15) is 0 Å². The molecule has 4 heterocycles. The number of amides is 4. The van der Waals surface area contributed by atoms with Crippen molar-refractivity contribution in [2.75, 3.05) is 45.8 Å². The smallest absolute Gasteiger partial charge is 0.256 e. The number of rotatable bonds is 11. The Balaban J connectivity index is 1.09. The number of benzene rings is 3. The SMILES string of the molecule is C=CCN1CC(=O)N2[C@@H](Cc3ccc(O)cc3)C(=O)N(Cc3cccc4c(C(=O)N5CCN(C6CCCC6)CC5)cn(C)c34)C[C@@H]2N1C(=O)CCc1ccccc1. The van der Waals surface area contributed by atoms with Gasteiger partial charge in [0.25, 0.3) is 5.91 Å². The average molecular weight is 772 g/mol. The Kier molecular flexibility index (Phi) is 11.2. The molecule has 1 saturated carbocycles. The fourth-order valence-corrected chi connectivity index (χ4v) is 9.56. The van der Waals surface area contributed by atoms with E-state index in [2.05, 4.69) is 11.5 Å². The number of nitrogens with zero attached hydrogens (tertiary/aromatic N) is 7. The number of hydrogen-bond acceptors (Lipinski definition) is 7. The first-order valence-electron chi connectivity index (χ1n) is 20.4. The van der Waals surface area contributed by atoms with Crippen molar-refractivity contribution in [1.29, 1.82) is 0 Å². The zero-order valence-electron chi connectivity index (χ0n) is 32.8. The van der Waals surface area contributed by atoms with Crippen molar-refractivity contribution in [1.82, 2.24) is 34.2 Å². The van der Waals surface area contributed by atoms with Crippen LogP contribution in [0.2, 0.25) is 0 Å². The molecule has 0 unspecified atom stereocenters. The number of fused-ring (bicyclic) bond motifs is 2. The molecule has 0 bridgehead atoms. The number of para-hydroxylation sites is 1. The third kappa shape index (κ3) is 7.80. The lowest BCUT2D eigenvalue weighted by Gasteiger charge is -2.55. The van der Waals surface area contributed by atoms with Gasteiger partial charge in [-0.15, -0.1) is 6.58 Å². The zero-order chi connectivity index (χ0) is 39.6. The highest BCUT2D eigenvalue weighted by Gasteiger charge is 2.51. The number of aromatic hydroxyl groups is 1. The molecular weight excluding hydrogens is 719 g/mol. The van der Waals surface area contributed by atoms with E-state index in [-0.39, 0.29) is 61.9 Å². The molecule has 3 aliphatic heterocycles. The molecule has 57 heavy (non-hydrogen) atoms. The quantitative estimate of drug-likeness (QED) is 0.223. The van der Waals surface area contributed by atoms with Crippen LogP contribution in [-0.2, 0) is 40.8 Å². The van der Waals surface area contributed by atoms with Gasteiger partial charge in [-0.1, -0.05) is 79.6 Å². The molecule has 4 aliphatic rings. The summed E-state index contributed by atoms with van der Waals surface area (Å²) in [6.07, 6.45) is 8.91. The van der Waals surface area contributed by atoms with Crippen molar-refractivity contribution in [3.63, 3.8) is 0 Å². The van der Waals surface area contributed by atoms with Gasteiger partial charge in [0.1, 0.15) is 18.0 Å². The van der Waals surface area contributed by atoms with Crippen LogP contribution in [0.25, 0.3) is 10.9 Å². The lowest BCUT2D eigenvalue weighted by molar-refractivity contribution is -0.205. The molecule has 8 rings (SSSR count). The highest BCUT2D eigenvalue weighted by Crippen LogP contribution is 2.33. The largest absolute Gasteiger partial charge is 0.508 e. The molecule has 4 aromatic rings. The van der Waals surface area contributed by atoms with Crippen molar-refractivity contribution in [2.45, 2.75) is 69.7 Å². The Labute approximate surface area is 334 Å². The maximum atomic E-state index is 14.7. The van der Waals surface area contributed by atoms with Gasteiger partial charge < -0.3 is 24.4 Å². The first-order valence-corrected chi connectivity index (χ1v) is 20.4. The second-order valence-electron chi connectivity index (χ2n) is 16.0. The summed E-state index contributed by atoms with van der Waals surface area (Å²) in [6, 6.07) is 22.2. The van der Waals surface area contributed by atoms with Crippen molar-refractivity contribution >= 4 is 34.5 Å². The average Bonchev–Trinajstić information content (AvgIpc) is 3.89. The van der Waals surface area contributed by atoms with Crippen molar-refractivity contribution < 1.29 is 24.3 Å². The minimum atomic E-state index is -0.885. The van der Waals surface area contributed by atoms with E-state index in [1.165, 1.54) is 25.7 Å². The molecule has 298 valence electrons. The van der Waals surface area contributed by atoms with Gasteiger partial charge in [0.2, 0.25) is 17.7 Å². The standard InChI is InChI=1S/C45H53N7O5/c1-3-22-50-31-42(55)51-39(27-33-16-19-36(53)20-17-33)45(57)49(30-40(51)52(50)41(54)21-18-32-10-5-4-6-11-32)28-34-12-9-15-37-38(29-46(2)43(34)37)44(56)48-25-23-47(24-26-48)35-13-7-8-14-35/h3-6,9-12,15-17,19-20,29,35,39-40,53H,1,7-8,13-14,18,21-28,30-31H2,2H3/t39-,40-/m0/s1. The Bertz CT molecular complexity index is 2120. The van der Waals surface area contributed by atoms with Crippen LogP contribution >= 0.6 is 0 Å². The summed E-state index contributed by atoms with van der Waals surface area (Å²) in [4.78, 5) is 65.1. The van der Waals surface area contributed by atoms with Crippen LogP contribution in [0.5, 0.6) is 5.75 Å². The molecule has 1 N–H and O–H groups in total. The first-order chi connectivity index (χ1) is 27.7. The van der Waals surface area contributed by atoms with Crippen LogP contribution in [0, 0.1) is 0 Å². The fourth-order valence-electron chi connectivity index (χ4n) is 9.56. The van der Waals surface area contributed by atoms with Gasteiger partial charge in [0.15, 0.2) is 0 Å². The lowest BCUT2D eigenvalue weighted by Crippen LogP contribution is -2.75. The van der Waals surface area contributed by atoms with Gasteiger partial charge in [0.05, 0.1) is 24.2 Å². The van der Waals surface area contributed by atoms with Crippen LogP contribution in [-0.4, -0.2) is 127 Å². The summed E-state index contributed by atoms with van der Waals surface area (Å²) in [6.45, 7) is 7.67. The molecule has 4 fully saturated rings. The molecule has 0 radical (unpaired) electrons. The molecule has 4 amide bonds. The second-order valence-corrected chi connectivity index (χ2v) is 16.0. The second kappa shape index (κ2) is 16.6. The highest BCUT2D eigenvalue weighted by molar-refractivity contribution is 6.07. The van der Waals surface area contributed by atoms with Crippen LogP contribution in [0.3, 0.4) is 0 Å². The number of carbonyl (C=O) groups excluding carboxylic acids is 4. The van der Waals surface area contributed by atoms with Gasteiger partial charge in [-0.3, -0.25) is 24.1 Å². The fraction of sp³-hybridized carbons (Fsp3) is 0.422. The summed E-state index contributed by atoms with van der Waals surface area (Å²) >= 11 is 0. The van der Waals surface area contributed by atoms with E-state index in [1.54, 1.807) is 50.2 Å². The minimum absolute atomic E-state index is 0.0233. The number of piperazine rings is 2. The van der Waals surface area contributed by atoms with E-state index in [9.17, 15) is 24.3 Å². The molecule has 0 spiro atoms. The van der Waals surface area contributed by atoms with Gasteiger partial charge in [-0.25, -0.2) is 10.0 Å². The Hall–Kier alpha value is -5.46. The monoisotopic (exact) mass is 771 g/mol. The van der Waals surface area contributed by atoms with Crippen LogP contribution in [0.1, 0.15) is 59.2 Å². The van der Waals surface area contributed by atoms with Gasteiger partial charge in [0, 0.05) is 76.8 Å². The van der Waals surface area contributed by atoms with E-state index in [4.69, 9.17) is 0 Å². The Morgan fingerprint density at radius 2 is 1.63 bits per heavy atom. The molecule has 1 aliphatic carbocycles. The van der Waals surface area contributed by atoms with Crippen molar-refractivity contribution in [3.8, 4) is 5.75 Å². The number of aromatic nitrogens is 1. The van der Waals surface area contributed by atoms with Crippen molar-refractivity contribution in [3.05, 3.63) is 114 Å². The summed E-state index contributed by atoms with van der Waals surface area (Å²) in [7, 11) is 1.94. The van der Waals surface area contributed by atoms with Gasteiger partial charge in [-0.05, 0) is 48.1 Å². The highest BCUT2D eigenvalue weighted by atomic mass is 16.3. The number of phenolic OH excluding ortho intramolecular Hbond substituents is 1. The van der Waals surface area contributed by atoms with Crippen LogP contribution < -0.4 is 0 Å². The summed E-state index contributed by atoms with van der Waals surface area (Å²) < 4.78 is 1.98. The molecule has 2 atom stereocenters. The number of carbonyl (C=O) groups is 4. The number of hydrogen-bond donors (Lipinski definition) is 1. The van der Waals surface area contributed by atoms with E-state index < -0.39 is 12.2 Å². The predicted octanol–water partition coefficient (Wildman–Crippen LogP) is 4.57. The number of phenols is 1. The maximum absolute atomic E-state index is 14.7. The maximum Gasteiger partial charge on any atom is 0.256 e. The third-order valence-corrected chi connectivity index (χ3v) is 12.4. The van der Waals surface area contributed by atoms with Crippen LogP contribution in [0.4, 0.5) is 0 Å². The van der Waals surface area contributed by atoms with E-state index in [1.807, 2.05) is 71.2 Å². The lowest BCUT2D eigenvalue weighted by atomic mass is 9.97. The van der Waals surface area contributed by atoms with E-state index >= 15 is 0 Å². The molecule has 12 nitrogen and oxygen atoms in total. The summed E-state index contributed by atoms with van der Waals surface area (Å²) in [5, 5.41) is 14.3. The minimum Gasteiger partial charge on any atom is -0.508 e.